The number of aliphatic hydroxyl groups excluding tert-OH is 1. The minimum atomic E-state index is -0.830. The highest BCUT2D eigenvalue weighted by Crippen LogP contribution is 2.32. The van der Waals surface area contributed by atoms with E-state index in [-0.39, 0.29) is 17.5 Å². The molecule has 1 aliphatic heterocycles. The van der Waals surface area contributed by atoms with E-state index in [1.54, 1.807) is 24.3 Å². The van der Waals surface area contributed by atoms with E-state index >= 15 is 0 Å². The largest absolute Gasteiger partial charge is 0.392 e. The lowest BCUT2D eigenvalue weighted by molar-refractivity contribution is -0.126. The van der Waals surface area contributed by atoms with Crippen molar-refractivity contribution >= 4 is 28.8 Å². The summed E-state index contributed by atoms with van der Waals surface area (Å²) in [6.07, 6.45) is 1.01. The highest BCUT2D eigenvalue weighted by molar-refractivity contribution is 7.80. The predicted octanol–water partition coefficient (Wildman–Crippen LogP) is 1.20. The highest BCUT2D eigenvalue weighted by atomic mass is 32.1. The number of anilines is 1. The van der Waals surface area contributed by atoms with Crippen molar-refractivity contribution in [2.24, 2.45) is 11.1 Å². The number of amides is 1. The Morgan fingerprint density at radius 1 is 1.35 bits per heavy atom. The second-order valence-electron chi connectivity index (χ2n) is 4.87. The first kappa shape index (κ1) is 14.9. The Labute approximate surface area is 123 Å². The zero-order valence-electron chi connectivity index (χ0n) is 11.1. The number of nitrogens with two attached hydrogens (primary N) is 1. The van der Waals surface area contributed by atoms with Crippen molar-refractivity contribution in [3.05, 3.63) is 29.8 Å². The summed E-state index contributed by atoms with van der Waals surface area (Å²) in [5.41, 5.74) is 6.41. The van der Waals surface area contributed by atoms with Gasteiger partial charge in [0.1, 0.15) is 5.41 Å². The zero-order valence-corrected chi connectivity index (χ0v) is 11.9. The van der Waals surface area contributed by atoms with E-state index in [0.717, 1.165) is 5.56 Å². The molecular weight excluding hydrogens is 276 g/mol. The van der Waals surface area contributed by atoms with Crippen LogP contribution in [-0.2, 0) is 16.1 Å². The summed E-state index contributed by atoms with van der Waals surface area (Å²) < 4.78 is 5.28. The third-order valence-electron chi connectivity index (χ3n) is 3.65. The number of carbonyl (C=O) groups is 1. The second-order valence-corrected chi connectivity index (χ2v) is 5.31. The summed E-state index contributed by atoms with van der Waals surface area (Å²) in [7, 11) is 0. The molecule has 0 atom stereocenters. The molecule has 0 aliphatic carbocycles. The molecule has 0 spiro atoms. The van der Waals surface area contributed by atoms with E-state index < -0.39 is 5.41 Å². The Morgan fingerprint density at radius 2 is 1.95 bits per heavy atom. The van der Waals surface area contributed by atoms with E-state index in [4.69, 9.17) is 27.8 Å². The number of carbonyl (C=O) groups excluding carboxylic acids is 1. The van der Waals surface area contributed by atoms with Gasteiger partial charge in [-0.05, 0) is 30.5 Å². The van der Waals surface area contributed by atoms with Crippen LogP contribution in [0.1, 0.15) is 18.4 Å². The van der Waals surface area contributed by atoms with Crippen LogP contribution >= 0.6 is 12.2 Å². The van der Waals surface area contributed by atoms with Gasteiger partial charge in [-0.1, -0.05) is 24.4 Å². The fourth-order valence-electron chi connectivity index (χ4n) is 2.25. The standard InChI is InChI=1S/C14H18N2O3S/c15-12(20)14(5-7-19-8-6-14)13(18)16-11-3-1-10(9-17)2-4-11/h1-4,17H,5-9H2,(H2,15,20)(H,16,18). The first-order valence-electron chi connectivity index (χ1n) is 6.47. The summed E-state index contributed by atoms with van der Waals surface area (Å²) in [5, 5.41) is 11.8. The summed E-state index contributed by atoms with van der Waals surface area (Å²) in [6.45, 7) is 0.935. The van der Waals surface area contributed by atoms with E-state index in [2.05, 4.69) is 5.32 Å². The molecule has 5 nitrogen and oxygen atoms in total. The molecule has 1 fully saturated rings. The number of benzene rings is 1. The number of hydrogen-bond acceptors (Lipinski definition) is 4. The Bertz CT molecular complexity index is 496. The van der Waals surface area contributed by atoms with Crippen LogP contribution in [0.2, 0.25) is 0 Å². The molecule has 108 valence electrons. The normalized spacial score (nSPS) is 17.4. The van der Waals surface area contributed by atoms with E-state index in [1.165, 1.54) is 0 Å². The maximum Gasteiger partial charge on any atom is 0.237 e. The Hall–Kier alpha value is -1.50. The van der Waals surface area contributed by atoms with Gasteiger partial charge in [-0.2, -0.15) is 0 Å². The average molecular weight is 294 g/mol. The van der Waals surface area contributed by atoms with Gasteiger partial charge in [0.05, 0.1) is 11.6 Å². The van der Waals surface area contributed by atoms with Crippen LogP contribution in [0.4, 0.5) is 5.69 Å². The predicted molar refractivity (Wildman–Crippen MR) is 80.3 cm³/mol. The molecule has 6 heteroatoms. The lowest BCUT2D eigenvalue weighted by Crippen LogP contribution is -2.49. The highest BCUT2D eigenvalue weighted by Gasteiger charge is 2.42. The van der Waals surface area contributed by atoms with Crippen LogP contribution in [-0.4, -0.2) is 29.2 Å². The molecule has 0 bridgehead atoms. The maximum absolute atomic E-state index is 12.5. The number of hydrogen-bond donors (Lipinski definition) is 3. The summed E-state index contributed by atoms with van der Waals surface area (Å²) in [5.74, 6) is -0.190. The number of ether oxygens (including phenoxy) is 1. The Kier molecular flexibility index (Phi) is 4.69. The lowest BCUT2D eigenvalue weighted by atomic mass is 9.79. The van der Waals surface area contributed by atoms with Crippen LogP contribution in [0.3, 0.4) is 0 Å². The molecular formula is C14H18N2O3S. The molecule has 0 radical (unpaired) electrons. The van der Waals surface area contributed by atoms with Crippen LogP contribution in [0.5, 0.6) is 0 Å². The second kappa shape index (κ2) is 6.30. The van der Waals surface area contributed by atoms with Gasteiger partial charge >= 0.3 is 0 Å². The molecule has 1 heterocycles. The van der Waals surface area contributed by atoms with E-state index in [1.807, 2.05) is 0 Å². The number of thiocarbonyl (C=S) groups is 1. The van der Waals surface area contributed by atoms with Gasteiger partial charge in [-0.25, -0.2) is 0 Å². The fraction of sp³-hybridized carbons (Fsp3) is 0.429. The molecule has 0 saturated carbocycles. The van der Waals surface area contributed by atoms with E-state index in [9.17, 15) is 4.79 Å². The zero-order chi connectivity index (χ0) is 14.6. The van der Waals surface area contributed by atoms with Gasteiger partial charge in [0, 0.05) is 18.9 Å². The van der Waals surface area contributed by atoms with Gasteiger partial charge in [-0.15, -0.1) is 0 Å². The first-order chi connectivity index (χ1) is 9.58. The molecule has 0 unspecified atom stereocenters. The monoisotopic (exact) mass is 294 g/mol. The molecule has 4 N–H and O–H groups in total. The molecule has 1 aromatic carbocycles. The van der Waals surface area contributed by atoms with Crippen molar-refractivity contribution in [2.45, 2.75) is 19.4 Å². The van der Waals surface area contributed by atoms with Crippen molar-refractivity contribution in [3.8, 4) is 0 Å². The SMILES string of the molecule is NC(=S)C1(C(=O)Nc2ccc(CO)cc2)CCOCC1. The van der Waals surface area contributed by atoms with Crippen molar-refractivity contribution in [1.82, 2.24) is 0 Å². The van der Waals surface area contributed by atoms with Gasteiger partial charge < -0.3 is 20.9 Å². The van der Waals surface area contributed by atoms with Gasteiger partial charge in [0.25, 0.3) is 0 Å². The maximum atomic E-state index is 12.5. The minimum Gasteiger partial charge on any atom is -0.392 e. The molecule has 20 heavy (non-hydrogen) atoms. The van der Waals surface area contributed by atoms with Crippen molar-refractivity contribution in [3.63, 3.8) is 0 Å². The molecule has 0 aromatic heterocycles. The third-order valence-corrected chi connectivity index (χ3v) is 4.04. The molecule has 1 amide bonds. The summed E-state index contributed by atoms with van der Waals surface area (Å²) in [6, 6.07) is 7.01. The number of aliphatic hydroxyl groups is 1. The van der Waals surface area contributed by atoms with Crippen LogP contribution < -0.4 is 11.1 Å². The average Bonchev–Trinajstić information content (AvgIpc) is 2.48. The summed E-state index contributed by atoms with van der Waals surface area (Å²) in [4.78, 5) is 12.7. The Morgan fingerprint density at radius 3 is 2.45 bits per heavy atom. The fourth-order valence-corrected chi connectivity index (χ4v) is 2.55. The van der Waals surface area contributed by atoms with Crippen LogP contribution in [0.25, 0.3) is 0 Å². The van der Waals surface area contributed by atoms with E-state index in [0.29, 0.717) is 31.7 Å². The summed E-state index contributed by atoms with van der Waals surface area (Å²) >= 11 is 5.09. The molecule has 1 saturated heterocycles. The van der Waals surface area contributed by atoms with Crippen molar-refractivity contribution in [1.29, 1.82) is 0 Å². The van der Waals surface area contributed by atoms with Gasteiger partial charge in [0.15, 0.2) is 0 Å². The lowest BCUT2D eigenvalue weighted by Gasteiger charge is -2.34. The smallest absolute Gasteiger partial charge is 0.237 e. The number of rotatable bonds is 4. The third kappa shape index (κ3) is 2.98. The molecule has 1 aromatic rings. The minimum absolute atomic E-state index is 0.0254. The molecule has 1 aliphatic rings. The molecule has 2 rings (SSSR count). The van der Waals surface area contributed by atoms with Crippen LogP contribution in [0, 0.1) is 5.41 Å². The first-order valence-corrected chi connectivity index (χ1v) is 6.88. The van der Waals surface area contributed by atoms with Gasteiger partial charge in [-0.3, -0.25) is 4.79 Å². The van der Waals surface area contributed by atoms with Crippen molar-refractivity contribution < 1.29 is 14.6 Å². The topological polar surface area (TPSA) is 84.6 Å². The van der Waals surface area contributed by atoms with Gasteiger partial charge in [0.2, 0.25) is 5.91 Å². The van der Waals surface area contributed by atoms with Crippen LogP contribution in [0.15, 0.2) is 24.3 Å². The quantitative estimate of drug-likeness (QED) is 0.727. The van der Waals surface area contributed by atoms with Crippen molar-refractivity contribution in [2.75, 3.05) is 18.5 Å². The Balaban J connectivity index is 2.13. The number of nitrogens with one attached hydrogen (secondary N) is 1.